The molecule has 4 aliphatic rings. The van der Waals surface area contributed by atoms with Crippen molar-refractivity contribution in [1.82, 2.24) is 4.90 Å². The zero-order valence-corrected chi connectivity index (χ0v) is 15.7. The predicted molar refractivity (Wildman–Crippen MR) is 103 cm³/mol. The van der Waals surface area contributed by atoms with Crippen molar-refractivity contribution in [2.75, 3.05) is 25.0 Å². The maximum atomic E-state index is 13.9. The number of ether oxygens (including phenoxy) is 1. The summed E-state index contributed by atoms with van der Waals surface area (Å²) in [6, 6.07) is 10.4. The molecule has 4 heterocycles. The summed E-state index contributed by atoms with van der Waals surface area (Å²) in [7, 11) is 0. The first kappa shape index (κ1) is 18.1. The molecule has 0 aromatic heterocycles. The molecule has 6 rings (SSSR count). The van der Waals surface area contributed by atoms with E-state index in [0.29, 0.717) is 17.8 Å². The minimum absolute atomic E-state index is 0.0132. The van der Waals surface area contributed by atoms with E-state index >= 15 is 0 Å². The second-order valence-corrected chi connectivity index (χ2v) is 8.01. The summed E-state index contributed by atoms with van der Waals surface area (Å²) >= 11 is 0. The predicted octanol–water partition coefficient (Wildman–Crippen LogP) is 3.09. The van der Waals surface area contributed by atoms with Crippen LogP contribution in [0.2, 0.25) is 0 Å². The van der Waals surface area contributed by atoms with E-state index in [-0.39, 0.29) is 28.9 Å². The van der Waals surface area contributed by atoms with E-state index < -0.39 is 17.5 Å². The van der Waals surface area contributed by atoms with Gasteiger partial charge in [0.2, 0.25) is 5.78 Å². The van der Waals surface area contributed by atoms with Gasteiger partial charge < -0.3 is 20.1 Å². The lowest BCUT2D eigenvalue weighted by molar-refractivity contribution is -0.142. The Balaban J connectivity index is 1.60. The van der Waals surface area contributed by atoms with Crippen molar-refractivity contribution in [3.05, 3.63) is 59.4 Å². The topological polar surface area (TPSA) is 78.9 Å². The number of carbonyl (C=O) groups is 2. The van der Waals surface area contributed by atoms with Crippen LogP contribution >= 0.6 is 0 Å². The molecule has 2 N–H and O–H groups in total. The number of piperidine rings is 3. The average molecular weight is 396 g/mol. The molecule has 3 fully saturated rings. The first-order valence-corrected chi connectivity index (χ1v) is 9.84. The first-order chi connectivity index (χ1) is 14.0. The summed E-state index contributed by atoms with van der Waals surface area (Å²) in [6.45, 7) is 2.66. The number of ketones is 1. The fraction of sp³-hybridized carbons (Fsp3) is 0.364. The number of fused-ring (bicyclic) bond motifs is 4. The number of halogens is 1. The average Bonchev–Trinajstić information content (AvgIpc) is 3.15. The van der Waals surface area contributed by atoms with Crippen LogP contribution in [0.1, 0.15) is 28.8 Å². The molecule has 0 aliphatic carbocycles. The number of hydrogen-bond acceptors (Lipinski definition) is 5. The van der Waals surface area contributed by atoms with Gasteiger partial charge in [0, 0.05) is 18.0 Å². The normalized spacial score (nSPS) is 29.6. The van der Waals surface area contributed by atoms with Crippen molar-refractivity contribution in [3.63, 3.8) is 0 Å². The number of hydrogen-bond donors (Lipinski definition) is 2. The molecule has 0 amide bonds. The standard InChI is InChI=1S/C22H21FN2O4/c23-15-6-4-14(5-7-15)22(20(26)17-12-25-10-8-13(17)9-11-25)24-18-3-1-2-16(21(27)28)19(18)29-22/h1-7,13,17,24H,8-12H2,(H,27,28)/t17-,22?/m0/s1. The van der Waals surface area contributed by atoms with Crippen LogP contribution in [-0.4, -0.2) is 41.4 Å². The fourth-order valence-electron chi connectivity index (χ4n) is 4.88. The number of para-hydroxylation sites is 1. The first-order valence-electron chi connectivity index (χ1n) is 9.84. The highest BCUT2D eigenvalue weighted by molar-refractivity contribution is 5.99. The molecular weight excluding hydrogens is 375 g/mol. The molecule has 1 unspecified atom stereocenters. The molecule has 6 nitrogen and oxygen atoms in total. The maximum Gasteiger partial charge on any atom is 0.339 e. The Kier molecular flexibility index (Phi) is 4.10. The molecule has 0 spiro atoms. The molecule has 2 atom stereocenters. The molecule has 7 heteroatoms. The van der Waals surface area contributed by atoms with E-state index in [1.54, 1.807) is 12.1 Å². The third-order valence-electron chi connectivity index (χ3n) is 6.40. The number of rotatable bonds is 4. The van der Waals surface area contributed by atoms with Gasteiger partial charge in [-0.05, 0) is 68.2 Å². The molecule has 0 radical (unpaired) electrons. The van der Waals surface area contributed by atoms with Crippen LogP contribution in [0.4, 0.5) is 10.1 Å². The molecule has 4 aliphatic heterocycles. The quantitative estimate of drug-likeness (QED) is 0.827. The summed E-state index contributed by atoms with van der Waals surface area (Å²) in [5.74, 6) is -1.49. The van der Waals surface area contributed by atoms with Gasteiger partial charge in [-0.25, -0.2) is 9.18 Å². The maximum absolute atomic E-state index is 13.9. The number of carboxylic acid groups (broad SMARTS) is 1. The van der Waals surface area contributed by atoms with E-state index in [4.69, 9.17) is 4.74 Å². The van der Waals surface area contributed by atoms with E-state index in [0.717, 1.165) is 25.9 Å². The van der Waals surface area contributed by atoms with Crippen LogP contribution in [0.25, 0.3) is 0 Å². The SMILES string of the molecule is O=C(O)c1cccc2c1OC(C(=O)[C@H]1CN3CCC1CC3)(c1ccc(F)cc1)N2. The number of Topliss-reactive ketones (excluding diaryl/α,β-unsaturated/α-hetero) is 1. The van der Waals surface area contributed by atoms with Crippen molar-refractivity contribution in [1.29, 1.82) is 0 Å². The van der Waals surface area contributed by atoms with Gasteiger partial charge in [0.05, 0.1) is 5.69 Å². The highest BCUT2D eigenvalue weighted by Crippen LogP contribution is 2.47. The Morgan fingerprint density at radius 2 is 1.86 bits per heavy atom. The van der Waals surface area contributed by atoms with Gasteiger partial charge in [-0.3, -0.25) is 4.79 Å². The molecular formula is C22H21FN2O4. The van der Waals surface area contributed by atoms with Crippen LogP contribution in [-0.2, 0) is 10.5 Å². The van der Waals surface area contributed by atoms with Crippen LogP contribution < -0.4 is 10.1 Å². The van der Waals surface area contributed by atoms with Crippen molar-refractivity contribution in [2.24, 2.45) is 11.8 Å². The number of nitrogens with zero attached hydrogens (tertiary/aromatic N) is 1. The third kappa shape index (κ3) is 2.80. The van der Waals surface area contributed by atoms with Gasteiger partial charge in [-0.1, -0.05) is 6.07 Å². The number of aromatic carboxylic acids is 1. The van der Waals surface area contributed by atoms with Gasteiger partial charge in [0.15, 0.2) is 5.75 Å². The Hall–Kier alpha value is -2.93. The number of anilines is 1. The van der Waals surface area contributed by atoms with Crippen molar-refractivity contribution in [2.45, 2.75) is 18.6 Å². The summed E-state index contributed by atoms with van der Waals surface area (Å²) in [4.78, 5) is 27.9. The largest absolute Gasteiger partial charge is 0.478 e. The van der Waals surface area contributed by atoms with Crippen LogP contribution in [0.15, 0.2) is 42.5 Å². The fourth-order valence-corrected chi connectivity index (χ4v) is 4.88. The highest BCUT2D eigenvalue weighted by Gasteiger charge is 2.54. The monoisotopic (exact) mass is 396 g/mol. The molecule has 150 valence electrons. The van der Waals surface area contributed by atoms with Gasteiger partial charge >= 0.3 is 5.97 Å². The van der Waals surface area contributed by atoms with Gasteiger partial charge in [0.25, 0.3) is 5.72 Å². The second kappa shape index (κ2) is 6.56. The second-order valence-electron chi connectivity index (χ2n) is 8.01. The Bertz CT molecular complexity index is 985. The molecule has 2 aromatic rings. The van der Waals surface area contributed by atoms with E-state index in [1.165, 1.54) is 30.3 Å². The van der Waals surface area contributed by atoms with Gasteiger partial charge in [0.1, 0.15) is 11.4 Å². The van der Waals surface area contributed by atoms with Crippen molar-refractivity contribution >= 4 is 17.4 Å². The Morgan fingerprint density at radius 1 is 1.14 bits per heavy atom. The third-order valence-corrected chi connectivity index (χ3v) is 6.40. The smallest absolute Gasteiger partial charge is 0.339 e. The lowest BCUT2D eigenvalue weighted by Crippen LogP contribution is -2.57. The van der Waals surface area contributed by atoms with E-state index in [2.05, 4.69) is 10.2 Å². The minimum atomic E-state index is -1.56. The lowest BCUT2D eigenvalue weighted by Gasteiger charge is -2.46. The molecule has 3 saturated heterocycles. The minimum Gasteiger partial charge on any atom is -0.478 e. The molecule has 2 bridgehead atoms. The number of benzene rings is 2. The molecule has 2 aromatic carbocycles. The van der Waals surface area contributed by atoms with E-state index in [1.807, 2.05) is 0 Å². The number of carbonyl (C=O) groups excluding carboxylic acids is 1. The summed E-state index contributed by atoms with van der Waals surface area (Å²) in [5, 5.41) is 12.7. The number of carboxylic acids is 1. The summed E-state index contributed by atoms with van der Waals surface area (Å²) in [5.41, 5.74) is -0.664. The van der Waals surface area contributed by atoms with Crippen molar-refractivity contribution in [3.8, 4) is 5.75 Å². The number of nitrogens with one attached hydrogen (secondary N) is 1. The zero-order valence-electron chi connectivity index (χ0n) is 15.7. The van der Waals surface area contributed by atoms with Gasteiger partial charge in [-0.2, -0.15) is 0 Å². The van der Waals surface area contributed by atoms with Crippen LogP contribution in [0.3, 0.4) is 0 Å². The zero-order chi connectivity index (χ0) is 20.2. The van der Waals surface area contributed by atoms with Crippen molar-refractivity contribution < 1.29 is 23.8 Å². The van der Waals surface area contributed by atoms with E-state index in [9.17, 15) is 19.1 Å². The van der Waals surface area contributed by atoms with Gasteiger partial charge in [-0.15, -0.1) is 0 Å². The Morgan fingerprint density at radius 3 is 2.48 bits per heavy atom. The van der Waals surface area contributed by atoms with Crippen LogP contribution in [0, 0.1) is 17.7 Å². The summed E-state index contributed by atoms with van der Waals surface area (Å²) < 4.78 is 19.7. The Labute approximate surface area is 167 Å². The molecule has 0 saturated carbocycles. The molecule has 29 heavy (non-hydrogen) atoms. The summed E-state index contributed by atoms with van der Waals surface area (Å²) in [6.07, 6.45) is 1.92. The van der Waals surface area contributed by atoms with Crippen LogP contribution in [0.5, 0.6) is 5.75 Å². The lowest BCUT2D eigenvalue weighted by atomic mass is 9.73. The highest BCUT2D eigenvalue weighted by atomic mass is 19.1.